The third kappa shape index (κ3) is 1.61. The minimum Gasteiger partial charge on any atom is -0.389 e. The van der Waals surface area contributed by atoms with Crippen molar-refractivity contribution in [3.05, 3.63) is 84.6 Å². The summed E-state index contributed by atoms with van der Waals surface area (Å²) >= 11 is 0. The molecule has 0 fully saturated rings. The van der Waals surface area contributed by atoms with Crippen LogP contribution in [0.25, 0.3) is 27.6 Å². The van der Waals surface area contributed by atoms with Crippen molar-refractivity contribution in [3.8, 4) is 0 Å². The van der Waals surface area contributed by atoms with Gasteiger partial charge in [0.1, 0.15) is 0 Å². The molecule has 22 heavy (non-hydrogen) atoms. The Hall–Kier alpha value is -2.74. The van der Waals surface area contributed by atoms with Gasteiger partial charge in [0.05, 0.1) is 0 Å². The van der Waals surface area contributed by atoms with Crippen LogP contribution in [0.5, 0.6) is 0 Å². The number of rotatable bonds is 0. The van der Waals surface area contributed by atoms with Gasteiger partial charge in [-0.25, -0.2) is 0 Å². The molecule has 0 N–H and O–H groups in total. The molecule has 0 amide bonds. The zero-order chi connectivity index (χ0) is 14.5. The van der Waals surface area contributed by atoms with Gasteiger partial charge in [-0.05, 0) is 63.2 Å². The Kier molecular flexibility index (Phi) is 2.36. The van der Waals surface area contributed by atoms with Crippen molar-refractivity contribution in [1.82, 2.24) is 4.81 Å². The van der Waals surface area contributed by atoms with E-state index in [-0.39, 0.29) is 0 Å². The summed E-state index contributed by atoms with van der Waals surface area (Å²) < 4.78 is 0. The molecule has 0 saturated carbocycles. The normalized spacial score (nSPS) is 15.5. The standard InChI is InChI=1S/C20H14BN/c1-2-6-18-15(5-1)7-8-16-13-17-9-12-22-11-4-3-10-21(22)20(17)14-19(16)18/h1-14H. The van der Waals surface area contributed by atoms with Crippen LogP contribution in [0, 0.1) is 0 Å². The molecule has 0 bridgehead atoms. The van der Waals surface area contributed by atoms with Gasteiger partial charge in [-0.2, -0.15) is 0 Å². The quantitative estimate of drug-likeness (QED) is 0.442. The summed E-state index contributed by atoms with van der Waals surface area (Å²) in [6.45, 7) is 0.313. The summed E-state index contributed by atoms with van der Waals surface area (Å²) in [5.41, 5.74) is 2.70. The molecule has 0 radical (unpaired) electrons. The van der Waals surface area contributed by atoms with E-state index >= 15 is 0 Å². The van der Waals surface area contributed by atoms with E-state index in [2.05, 4.69) is 89.9 Å². The van der Waals surface area contributed by atoms with Gasteiger partial charge in [0.25, 0.3) is 0 Å². The van der Waals surface area contributed by atoms with Gasteiger partial charge in [-0.3, -0.25) is 0 Å². The molecule has 0 saturated heterocycles. The maximum Gasteiger partial charge on any atom is 0.320 e. The molecule has 0 atom stereocenters. The average molecular weight is 279 g/mol. The minimum absolute atomic E-state index is 0.313. The Morgan fingerprint density at radius 2 is 1.68 bits per heavy atom. The highest BCUT2D eigenvalue weighted by atomic mass is 15.0. The highest BCUT2D eigenvalue weighted by molar-refractivity contribution is 6.77. The van der Waals surface area contributed by atoms with Crippen molar-refractivity contribution in [2.24, 2.45) is 0 Å². The third-order valence-electron chi connectivity index (χ3n) is 4.68. The van der Waals surface area contributed by atoms with Crippen LogP contribution in [0.3, 0.4) is 0 Å². The fourth-order valence-electron chi connectivity index (χ4n) is 3.57. The molecule has 3 aromatic rings. The SMILES string of the molecule is C1=CB2c3cc4c(ccc5ccccc54)cc3C=CN2C=C1. The second-order valence-electron chi connectivity index (χ2n) is 5.92. The summed E-state index contributed by atoms with van der Waals surface area (Å²) in [6.07, 6.45) is 10.7. The van der Waals surface area contributed by atoms with Crippen molar-refractivity contribution >= 4 is 39.9 Å². The molecule has 0 unspecified atom stereocenters. The van der Waals surface area contributed by atoms with Gasteiger partial charge in [-0.1, -0.05) is 54.5 Å². The van der Waals surface area contributed by atoms with Gasteiger partial charge in [-0.15, -0.1) is 0 Å². The van der Waals surface area contributed by atoms with Crippen molar-refractivity contribution in [1.29, 1.82) is 0 Å². The van der Waals surface area contributed by atoms with Crippen molar-refractivity contribution < 1.29 is 0 Å². The van der Waals surface area contributed by atoms with Crippen LogP contribution in [0.1, 0.15) is 5.56 Å². The molecule has 5 rings (SSSR count). The Morgan fingerprint density at radius 3 is 2.68 bits per heavy atom. The number of hydrogen-bond acceptors (Lipinski definition) is 1. The van der Waals surface area contributed by atoms with E-state index in [0.29, 0.717) is 6.85 Å². The molecule has 0 spiro atoms. The molecule has 1 nitrogen and oxygen atoms in total. The summed E-state index contributed by atoms with van der Waals surface area (Å²) in [4.78, 5) is 2.26. The van der Waals surface area contributed by atoms with E-state index in [1.54, 1.807) is 0 Å². The second-order valence-corrected chi connectivity index (χ2v) is 5.92. The van der Waals surface area contributed by atoms with E-state index in [0.717, 1.165) is 0 Å². The third-order valence-corrected chi connectivity index (χ3v) is 4.68. The molecule has 0 aromatic heterocycles. The highest BCUT2D eigenvalue weighted by Crippen LogP contribution is 2.27. The molecule has 2 aliphatic heterocycles. The smallest absolute Gasteiger partial charge is 0.320 e. The number of fused-ring (bicyclic) bond motifs is 6. The first-order valence-corrected chi connectivity index (χ1v) is 7.66. The van der Waals surface area contributed by atoms with Gasteiger partial charge in [0, 0.05) is 0 Å². The Morgan fingerprint density at radius 1 is 0.773 bits per heavy atom. The molecule has 2 heterocycles. The van der Waals surface area contributed by atoms with Crippen LogP contribution in [-0.4, -0.2) is 11.7 Å². The fraction of sp³-hybridized carbons (Fsp3) is 0. The molecular weight excluding hydrogens is 265 g/mol. The van der Waals surface area contributed by atoms with Crippen LogP contribution < -0.4 is 5.46 Å². The average Bonchev–Trinajstić information content (AvgIpc) is 2.60. The van der Waals surface area contributed by atoms with Crippen LogP contribution >= 0.6 is 0 Å². The molecule has 2 aliphatic rings. The predicted molar refractivity (Wildman–Crippen MR) is 96.0 cm³/mol. The maximum atomic E-state index is 2.37. The van der Waals surface area contributed by atoms with Crippen LogP contribution in [-0.2, 0) is 0 Å². The van der Waals surface area contributed by atoms with Gasteiger partial charge < -0.3 is 4.81 Å². The van der Waals surface area contributed by atoms with Crippen LogP contribution in [0.4, 0.5) is 0 Å². The first-order valence-electron chi connectivity index (χ1n) is 7.66. The predicted octanol–water partition coefficient (Wildman–Crippen LogP) is 4.10. The van der Waals surface area contributed by atoms with E-state index in [1.807, 2.05) is 0 Å². The largest absolute Gasteiger partial charge is 0.389 e. The van der Waals surface area contributed by atoms with Crippen molar-refractivity contribution in [2.75, 3.05) is 0 Å². The number of nitrogens with zero attached hydrogens (tertiary/aromatic N) is 1. The Bertz CT molecular complexity index is 997. The Balaban J connectivity index is 1.85. The summed E-state index contributed by atoms with van der Waals surface area (Å²) in [6, 6.07) is 17.8. The lowest BCUT2D eigenvalue weighted by molar-refractivity contribution is 0.797. The lowest BCUT2D eigenvalue weighted by Gasteiger charge is -2.29. The second kappa shape index (κ2) is 4.38. The zero-order valence-corrected chi connectivity index (χ0v) is 12.1. The van der Waals surface area contributed by atoms with Gasteiger partial charge >= 0.3 is 6.85 Å². The first-order chi connectivity index (χ1) is 10.9. The molecule has 3 aromatic carbocycles. The van der Waals surface area contributed by atoms with Crippen molar-refractivity contribution in [3.63, 3.8) is 0 Å². The van der Waals surface area contributed by atoms with E-state index < -0.39 is 0 Å². The number of allylic oxidation sites excluding steroid dienone is 2. The van der Waals surface area contributed by atoms with E-state index in [4.69, 9.17) is 0 Å². The zero-order valence-electron chi connectivity index (χ0n) is 12.1. The van der Waals surface area contributed by atoms with E-state index in [1.165, 1.54) is 32.6 Å². The molecule has 0 aliphatic carbocycles. The summed E-state index contributed by atoms with van der Waals surface area (Å²) in [5, 5.41) is 5.29. The van der Waals surface area contributed by atoms with Gasteiger partial charge in [0.15, 0.2) is 0 Å². The number of hydrogen-bond donors (Lipinski definition) is 0. The lowest BCUT2D eigenvalue weighted by Crippen LogP contribution is -2.45. The molecular formula is C20H14BN. The fourth-order valence-corrected chi connectivity index (χ4v) is 3.57. The van der Waals surface area contributed by atoms with Gasteiger partial charge in [0.2, 0.25) is 0 Å². The number of benzene rings is 3. The van der Waals surface area contributed by atoms with Crippen molar-refractivity contribution in [2.45, 2.75) is 0 Å². The lowest BCUT2D eigenvalue weighted by atomic mass is 9.51. The van der Waals surface area contributed by atoms with Crippen LogP contribution in [0.2, 0.25) is 0 Å². The molecule has 2 heteroatoms. The molecule has 102 valence electrons. The Labute approximate surface area is 130 Å². The van der Waals surface area contributed by atoms with Crippen LogP contribution in [0.15, 0.2) is 79.1 Å². The monoisotopic (exact) mass is 279 g/mol. The minimum atomic E-state index is 0.313. The first kappa shape index (κ1) is 11.9. The maximum absolute atomic E-state index is 2.37. The highest BCUT2D eigenvalue weighted by Gasteiger charge is 2.26. The summed E-state index contributed by atoms with van der Waals surface area (Å²) in [5.74, 6) is 2.26. The summed E-state index contributed by atoms with van der Waals surface area (Å²) in [7, 11) is 0. The van der Waals surface area contributed by atoms with E-state index in [9.17, 15) is 0 Å². The topological polar surface area (TPSA) is 3.24 Å².